The largest absolute Gasteiger partial charge is 0.364 e. The first kappa shape index (κ1) is 17.3. The van der Waals surface area contributed by atoms with E-state index in [4.69, 9.17) is 5.73 Å². The summed E-state index contributed by atoms with van der Waals surface area (Å²) in [7, 11) is 2.07. The second kappa shape index (κ2) is 7.32. The van der Waals surface area contributed by atoms with Crippen molar-refractivity contribution in [3.05, 3.63) is 11.1 Å². The molecule has 1 aromatic heterocycles. The van der Waals surface area contributed by atoms with E-state index < -0.39 is 5.91 Å². The van der Waals surface area contributed by atoms with Crippen molar-refractivity contribution < 1.29 is 9.59 Å². The number of piperidine rings is 1. The maximum absolute atomic E-state index is 12.1. The number of anilines is 1. The van der Waals surface area contributed by atoms with Gasteiger partial charge in [-0.1, -0.05) is 0 Å². The summed E-state index contributed by atoms with van der Waals surface area (Å²) in [5, 5.41) is 4.75. The number of primary amides is 1. The lowest BCUT2D eigenvalue weighted by Crippen LogP contribution is -2.41. The predicted molar refractivity (Wildman–Crippen MR) is 89.5 cm³/mol. The van der Waals surface area contributed by atoms with Crippen LogP contribution in [0.2, 0.25) is 0 Å². The lowest BCUT2D eigenvalue weighted by Gasteiger charge is -2.34. The third kappa shape index (κ3) is 4.13. The smallest absolute Gasteiger partial charge is 0.268 e. The average Bonchev–Trinajstić information content (AvgIpc) is 2.81. The van der Waals surface area contributed by atoms with Crippen LogP contribution >= 0.6 is 35.3 Å². The molecule has 0 saturated carbocycles. The van der Waals surface area contributed by atoms with Crippen molar-refractivity contribution in [3.63, 3.8) is 0 Å². The Bertz CT molecular complexity index is 494. The quantitative estimate of drug-likeness (QED) is 0.740. The Morgan fingerprint density at radius 3 is 2.80 bits per heavy atom. The minimum Gasteiger partial charge on any atom is -0.364 e. The molecule has 1 aromatic rings. The van der Waals surface area contributed by atoms with Gasteiger partial charge in [-0.05, 0) is 33.4 Å². The maximum Gasteiger partial charge on any atom is 0.268 e. The molecule has 1 saturated heterocycles. The summed E-state index contributed by atoms with van der Waals surface area (Å²) in [5.74, 6) is -0.595. The van der Waals surface area contributed by atoms with Gasteiger partial charge < -0.3 is 16.0 Å². The van der Waals surface area contributed by atoms with Crippen LogP contribution in [-0.2, 0) is 4.79 Å². The SMILES string of the molecule is C[C@H]1C[C@@H](C(=O)Nc2nc(C(N)=O)cs2)CCN1C.I. The second-order valence-corrected chi connectivity index (χ2v) is 5.80. The zero-order chi connectivity index (χ0) is 14.0. The summed E-state index contributed by atoms with van der Waals surface area (Å²) in [4.78, 5) is 29.3. The molecule has 2 rings (SSSR count). The van der Waals surface area contributed by atoms with Crippen LogP contribution in [0.4, 0.5) is 5.13 Å². The maximum atomic E-state index is 12.1. The van der Waals surface area contributed by atoms with Crippen LogP contribution in [0.5, 0.6) is 0 Å². The Morgan fingerprint density at radius 1 is 1.55 bits per heavy atom. The molecule has 0 aromatic carbocycles. The highest BCUT2D eigenvalue weighted by molar-refractivity contribution is 14.0. The topological polar surface area (TPSA) is 88.3 Å². The van der Waals surface area contributed by atoms with Crippen LogP contribution in [0, 0.1) is 5.92 Å². The number of thiazole rings is 1. The van der Waals surface area contributed by atoms with Crippen molar-refractivity contribution in [3.8, 4) is 0 Å². The molecule has 112 valence electrons. The lowest BCUT2D eigenvalue weighted by molar-refractivity contribution is -0.121. The Hall–Kier alpha value is -0.740. The first-order valence-electron chi connectivity index (χ1n) is 6.24. The van der Waals surface area contributed by atoms with E-state index in [1.54, 1.807) is 5.38 Å². The van der Waals surface area contributed by atoms with Crippen molar-refractivity contribution in [1.82, 2.24) is 9.88 Å². The number of hydrogen-bond donors (Lipinski definition) is 2. The standard InChI is InChI=1S/C12H18N4O2S.HI/c1-7-5-8(3-4-16(7)2)11(18)15-12-14-9(6-19-12)10(13)17;/h6-8H,3-5H2,1-2H3,(H2,13,17)(H,14,15,18);1H/t7-,8-;/m0./s1. The summed E-state index contributed by atoms with van der Waals surface area (Å²) in [5.41, 5.74) is 5.31. The van der Waals surface area contributed by atoms with Crippen molar-refractivity contribution in [2.75, 3.05) is 18.9 Å². The predicted octanol–water partition coefficient (Wildman–Crippen LogP) is 1.53. The fourth-order valence-corrected chi connectivity index (χ4v) is 2.88. The van der Waals surface area contributed by atoms with Gasteiger partial charge in [-0.3, -0.25) is 9.59 Å². The number of nitrogens with zero attached hydrogens (tertiary/aromatic N) is 2. The van der Waals surface area contributed by atoms with Gasteiger partial charge in [0.25, 0.3) is 5.91 Å². The molecule has 0 aliphatic carbocycles. The van der Waals surface area contributed by atoms with Gasteiger partial charge in [0, 0.05) is 17.3 Å². The van der Waals surface area contributed by atoms with E-state index in [2.05, 4.69) is 29.2 Å². The molecule has 20 heavy (non-hydrogen) atoms. The van der Waals surface area contributed by atoms with Crippen molar-refractivity contribution in [1.29, 1.82) is 0 Å². The third-order valence-electron chi connectivity index (χ3n) is 3.57. The Morgan fingerprint density at radius 2 is 2.25 bits per heavy atom. The molecule has 1 aliphatic heterocycles. The molecule has 0 spiro atoms. The number of carbonyl (C=O) groups excluding carboxylic acids is 2. The van der Waals surface area contributed by atoms with Gasteiger partial charge in [0.1, 0.15) is 5.69 Å². The fourth-order valence-electron chi connectivity index (χ4n) is 2.18. The minimum atomic E-state index is -0.579. The molecule has 1 fully saturated rings. The molecule has 0 unspecified atom stereocenters. The van der Waals surface area contributed by atoms with Gasteiger partial charge in [-0.15, -0.1) is 35.3 Å². The van der Waals surface area contributed by atoms with E-state index >= 15 is 0 Å². The monoisotopic (exact) mass is 410 g/mol. The molecule has 2 heterocycles. The Labute approximate surface area is 139 Å². The first-order valence-corrected chi connectivity index (χ1v) is 7.11. The number of carbonyl (C=O) groups is 2. The zero-order valence-corrected chi connectivity index (χ0v) is 14.6. The number of likely N-dealkylation sites (tertiary alicyclic amines) is 1. The summed E-state index contributed by atoms with van der Waals surface area (Å²) >= 11 is 1.22. The number of halogens is 1. The Kier molecular flexibility index (Phi) is 6.34. The molecule has 2 atom stereocenters. The molecular formula is C12H19IN4O2S. The average molecular weight is 410 g/mol. The van der Waals surface area contributed by atoms with Gasteiger partial charge >= 0.3 is 0 Å². The summed E-state index contributed by atoms with van der Waals surface area (Å²) in [6.45, 7) is 3.04. The van der Waals surface area contributed by atoms with E-state index in [1.165, 1.54) is 11.3 Å². The molecule has 3 N–H and O–H groups in total. The minimum absolute atomic E-state index is 0. The lowest BCUT2D eigenvalue weighted by atomic mass is 9.91. The highest BCUT2D eigenvalue weighted by Gasteiger charge is 2.28. The van der Waals surface area contributed by atoms with Crippen LogP contribution in [0.3, 0.4) is 0 Å². The fraction of sp³-hybridized carbons (Fsp3) is 0.583. The molecular weight excluding hydrogens is 391 g/mol. The van der Waals surface area contributed by atoms with E-state index in [0.717, 1.165) is 19.4 Å². The molecule has 6 nitrogen and oxygen atoms in total. The van der Waals surface area contributed by atoms with Gasteiger partial charge in [-0.25, -0.2) is 4.98 Å². The molecule has 8 heteroatoms. The van der Waals surface area contributed by atoms with E-state index in [-0.39, 0.29) is 41.5 Å². The number of hydrogen-bond acceptors (Lipinski definition) is 5. The zero-order valence-electron chi connectivity index (χ0n) is 11.5. The summed E-state index contributed by atoms with van der Waals surface area (Å²) in [6.07, 6.45) is 1.69. The van der Waals surface area contributed by atoms with Crippen LogP contribution in [0.25, 0.3) is 0 Å². The van der Waals surface area contributed by atoms with Crippen LogP contribution in [0.1, 0.15) is 30.3 Å². The summed E-state index contributed by atoms with van der Waals surface area (Å²) < 4.78 is 0. The van der Waals surface area contributed by atoms with Crippen molar-refractivity contribution in [2.24, 2.45) is 11.7 Å². The van der Waals surface area contributed by atoms with Gasteiger partial charge in [0.15, 0.2) is 5.13 Å². The molecule has 2 amide bonds. The van der Waals surface area contributed by atoms with Crippen molar-refractivity contribution >= 4 is 52.3 Å². The number of nitrogens with one attached hydrogen (secondary N) is 1. The van der Waals surface area contributed by atoms with Gasteiger partial charge in [0.05, 0.1) is 0 Å². The van der Waals surface area contributed by atoms with Gasteiger partial charge in [-0.2, -0.15) is 0 Å². The van der Waals surface area contributed by atoms with Crippen LogP contribution in [0.15, 0.2) is 5.38 Å². The molecule has 1 aliphatic rings. The normalized spacial score (nSPS) is 22.9. The first-order chi connectivity index (χ1) is 8.97. The highest BCUT2D eigenvalue weighted by atomic mass is 127. The van der Waals surface area contributed by atoms with E-state index in [1.807, 2.05) is 0 Å². The Balaban J connectivity index is 0.00000200. The van der Waals surface area contributed by atoms with Gasteiger partial charge in [0.2, 0.25) is 5.91 Å². The van der Waals surface area contributed by atoms with E-state index in [0.29, 0.717) is 11.2 Å². The number of amides is 2. The number of aromatic nitrogens is 1. The van der Waals surface area contributed by atoms with E-state index in [9.17, 15) is 9.59 Å². The van der Waals surface area contributed by atoms with Crippen LogP contribution in [-0.4, -0.2) is 41.3 Å². The molecule has 0 radical (unpaired) electrons. The summed E-state index contributed by atoms with van der Waals surface area (Å²) in [6, 6.07) is 0.405. The van der Waals surface area contributed by atoms with Crippen molar-refractivity contribution in [2.45, 2.75) is 25.8 Å². The highest BCUT2D eigenvalue weighted by Crippen LogP contribution is 2.24. The second-order valence-electron chi connectivity index (χ2n) is 4.94. The third-order valence-corrected chi connectivity index (χ3v) is 4.32. The van der Waals surface area contributed by atoms with Crippen LogP contribution < -0.4 is 11.1 Å². The number of nitrogens with two attached hydrogens (primary N) is 1. The molecule has 0 bridgehead atoms. The number of rotatable bonds is 3.